The van der Waals surface area contributed by atoms with E-state index in [-0.39, 0.29) is 17.9 Å². The van der Waals surface area contributed by atoms with Crippen LogP contribution < -0.4 is 11.2 Å². The number of carbonyl (C=O) groups is 2. The molecule has 6 aromatic rings. The van der Waals surface area contributed by atoms with Crippen LogP contribution >= 0.6 is 0 Å². The van der Waals surface area contributed by atoms with Gasteiger partial charge >= 0.3 is 0 Å². The van der Waals surface area contributed by atoms with Gasteiger partial charge < -0.3 is 27.7 Å². The van der Waals surface area contributed by atoms with Crippen molar-refractivity contribution in [3.8, 4) is 0 Å². The highest BCUT2D eigenvalue weighted by Gasteiger charge is 2.35. The third kappa shape index (κ3) is 6.64. The number of rotatable bonds is 9. The molecule has 1 saturated heterocycles. The normalized spacial score (nSPS) is 16.6. The van der Waals surface area contributed by atoms with Crippen molar-refractivity contribution in [2.24, 2.45) is 24.1 Å². The molecule has 1 fully saturated rings. The molecule has 0 bridgehead atoms. The van der Waals surface area contributed by atoms with Gasteiger partial charge in [-0.25, -0.2) is 0 Å². The third-order valence-corrected chi connectivity index (χ3v) is 9.64. The van der Waals surface area contributed by atoms with Gasteiger partial charge in [0.1, 0.15) is 17.5 Å². The van der Waals surface area contributed by atoms with Crippen LogP contribution in [0.5, 0.6) is 0 Å². The zero-order valence-electron chi connectivity index (χ0n) is 31.6. The number of hydrogen-bond acceptors (Lipinski definition) is 6. The van der Waals surface area contributed by atoms with E-state index in [2.05, 4.69) is 15.2 Å². The minimum atomic E-state index is -0.721. The van der Waals surface area contributed by atoms with Crippen molar-refractivity contribution in [3.05, 3.63) is 106 Å². The van der Waals surface area contributed by atoms with E-state index in [9.17, 15) is 9.59 Å². The van der Waals surface area contributed by atoms with E-state index in [1.54, 1.807) is 21.5 Å². The molecule has 1 aliphatic heterocycles. The molecule has 0 aliphatic carbocycles. The molecule has 5 heterocycles. The third-order valence-electron chi connectivity index (χ3n) is 9.64. The Labute approximate surface area is 306 Å². The topological polar surface area (TPSA) is 133 Å². The number of carbonyl (C=O) groups excluding carboxylic acids is 2. The van der Waals surface area contributed by atoms with Gasteiger partial charge in [-0.05, 0) is 71.9 Å². The second-order valence-electron chi connectivity index (χ2n) is 13.7. The number of allylic oxidation sites excluding steroid dienone is 2. The summed E-state index contributed by atoms with van der Waals surface area (Å²) in [6.45, 7) is 13.8. The molecule has 1 unspecified atom stereocenters. The van der Waals surface area contributed by atoms with E-state index < -0.39 is 5.79 Å². The van der Waals surface area contributed by atoms with Crippen LogP contribution in [0.15, 0.2) is 76.7 Å². The Morgan fingerprint density at radius 2 is 1.32 bits per heavy atom. The van der Waals surface area contributed by atoms with Crippen LogP contribution in [-0.2, 0) is 49.7 Å². The van der Waals surface area contributed by atoms with Crippen molar-refractivity contribution in [2.75, 3.05) is 6.61 Å². The van der Waals surface area contributed by atoms with Gasteiger partial charge in [0.25, 0.3) is 11.8 Å². The fourth-order valence-corrected chi connectivity index (χ4v) is 7.17. The first-order valence-corrected chi connectivity index (χ1v) is 18.0. The average molecular weight is 719 g/mol. The molecule has 14 nitrogen and oxygen atoms in total. The molecule has 2 aromatic carbocycles. The van der Waals surface area contributed by atoms with Gasteiger partial charge in [0, 0.05) is 45.8 Å². The quantitative estimate of drug-likeness (QED) is 0.196. The summed E-state index contributed by atoms with van der Waals surface area (Å²) in [5, 5.41) is 8.91. The number of imidazole rings is 2. The molecular formula is C39H46N10O4. The highest BCUT2D eigenvalue weighted by molar-refractivity contribution is 5.94. The first-order valence-electron chi connectivity index (χ1n) is 18.0. The number of amides is 2. The lowest BCUT2D eigenvalue weighted by Crippen LogP contribution is -2.27. The highest BCUT2D eigenvalue weighted by Crippen LogP contribution is 2.36. The fourth-order valence-electron chi connectivity index (χ4n) is 7.17. The van der Waals surface area contributed by atoms with Crippen LogP contribution in [-0.4, -0.2) is 62.0 Å². The predicted octanol–water partition coefficient (Wildman–Crippen LogP) is 4.89. The lowest BCUT2D eigenvalue weighted by molar-refractivity contribution is -0.138. The number of fused-ring (bicyclic) bond motifs is 2. The number of aryl methyl sites for hydroxylation is 6. The predicted molar refractivity (Wildman–Crippen MR) is 200 cm³/mol. The summed E-state index contributed by atoms with van der Waals surface area (Å²) in [5.74, 6) is -1.45. The van der Waals surface area contributed by atoms with Gasteiger partial charge in [0.2, 0.25) is 11.2 Å². The van der Waals surface area contributed by atoms with Crippen molar-refractivity contribution in [1.29, 1.82) is 0 Å². The first-order chi connectivity index (χ1) is 25.4. The largest absolute Gasteiger partial charge is 0.347 e. The van der Waals surface area contributed by atoms with Crippen molar-refractivity contribution in [3.63, 3.8) is 0 Å². The molecule has 0 radical (unpaired) electrons. The number of aromatic nitrogens is 8. The summed E-state index contributed by atoms with van der Waals surface area (Å²) in [6, 6.07) is 17.6. The minimum Gasteiger partial charge on any atom is -0.347 e. The molecule has 1 atom stereocenters. The molecule has 4 aromatic heterocycles. The van der Waals surface area contributed by atoms with E-state index in [0.717, 1.165) is 39.0 Å². The van der Waals surface area contributed by atoms with E-state index in [0.29, 0.717) is 55.4 Å². The van der Waals surface area contributed by atoms with E-state index in [1.807, 2.05) is 129 Å². The van der Waals surface area contributed by atoms with Crippen LogP contribution in [0.25, 0.3) is 22.1 Å². The zero-order chi connectivity index (χ0) is 37.6. The molecule has 7 rings (SSSR count). The Hall–Kier alpha value is -5.60. The maximum atomic E-state index is 13.8. The molecule has 0 N–H and O–H groups in total. The summed E-state index contributed by atoms with van der Waals surface area (Å²) in [4.78, 5) is 36.6. The Morgan fingerprint density at radius 1 is 0.792 bits per heavy atom. The molecule has 14 heteroatoms. The number of benzene rings is 2. The average Bonchev–Trinajstić information content (AvgIpc) is 3.94. The Morgan fingerprint density at radius 3 is 1.89 bits per heavy atom. The van der Waals surface area contributed by atoms with Crippen LogP contribution in [0.3, 0.4) is 0 Å². The Balaban J connectivity index is 1.31. The van der Waals surface area contributed by atoms with Crippen molar-refractivity contribution in [1.82, 2.24) is 37.8 Å². The molecule has 276 valence electrons. The van der Waals surface area contributed by atoms with E-state index in [4.69, 9.17) is 14.5 Å². The second kappa shape index (κ2) is 14.1. The number of ether oxygens (including phenoxy) is 2. The Kier molecular flexibility index (Phi) is 9.51. The van der Waals surface area contributed by atoms with Gasteiger partial charge in [-0.2, -0.15) is 20.2 Å². The maximum Gasteiger partial charge on any atom is 0.298 e. The van der Waals surface area contributed by atoms with Gasteiger partial charge in [-0.1, -0.05) is 36.4 Å². The monoisotopic (exact) mass is 718 g/mol. The van der Waals surface area contributed by atoms with Crippen LogP contribution in [0.2, 0.25) is 0 Å². The summed E-state index contributed by atoms with van der Waals surface area (Å²) >= 11 is 0. The van der Waals surface area contributed by atoms with Crippen LogP contribution in [0.1, 0.15) is 71.7 Å². The highest BCUT2D eigenvalue weighted by atomic mass is 16.7. The number of nitrogens with zero attached hydrogens (tertiary/aromatic N) is 10. The van der Waals surface area contributed by atoms with Crippen LogP contribution in [0, 0.1) is 13.8 Å². The summed E-state index contributed by atoms with van der Waals surface area (Å²) in [6.07, 6.45) is 3.79. The van der Waals surface area contributed by atoms with Crippen molar-refractivity contribution < 1.29 is 19.1 Å². The molecule has 53 heavy (non-hydrogen) atoms. The Bertz CT molecular complexity index is 2550. The smallest absolute Gasteiger partial charge is 0.298 e. The molecule has 0 saturated carbocycles. The summed E-state index contributed by atoms with van der Waals surface area (Å²) in [5.41, 5.74) is 8.06. The minimum absolute atomic E-state index is 0.306. The van der Waals surface area contributed by atoms with Crippen LogP contribution in [0.4, 0.5) is 0 Å². The second-order valence-corrected chi connectivity index (χ2v) is 13.7. The van der Waals surface area contributed by atoms with Gasteiger partial charge in [-0.3, -0.25) is 19.0 Å². The zero-order valence-corrected chi connectivity index (χ0v) is 31.6. The van der Waals surface area contributed by atoms with Gasteiger partial charge in [-0.15, -0.1) is 0 Å². The SMILES string of the molecule is CCn1nc(C)cc1C(=O)/N=c1\n(C)c2ccccc2n1C/C=C/Cn1/c(=N/C(=O)c2cc(C)nn2CC)n(C)c2cccc(C3COC(C)(C)O3)c21. The fraction of sp³-hybridized carbons (Fsp3) is 0.385. The van der Waals surface area contributed by atoms with Crippen molar-refractivity contribution >= 4 is 33.9 Å². The van der Waals surface area contributed by atoms with Gasteiger partial charge in [0.15, 0.2) is 5.79 Å². The lowest BCUT2D eigenvalue weighted by atomic mass is 10.1. The molecule has 0 spiro atoms. The van der Waals surface area contributed by atoms with E-state index >= 15 is 0 Å². The summed E-state index contributed by atoms with van der Waals surface area (Å²) < 4.78 is 23.6. The molecular weight excluding hydrogens is 672 g/mol. The molecule has 1 aliphatic rings. The molecule has 2 amide bonds. The van der Waals surface area contributed by atoms with Crippen molar-refractivity contribution in [2.45, 2.75) is 79.6 Å². The number of hydrogen-bond donors (Lipinski definition) is 0. The van der Waals surface area contributed by atoms with E-state index in [1.165, 1.54) is 0 Å². The number of para-hydroxylation sites is 3. The van der Waals surface area contributed by atoms with Gasteiger partial charge in [0.05, 0.1) is 40.1 Å². The summed E-state index contributed by atoms with van der Waals surface area (Å²) in [7, 11) is 3.83. The maximum absolute atomic E-state index is 13.8. The first kappa shape index (κ1) is 35.8. The standard InChI is InChI=1S/C39H46N10O4/c1-9-48-31(22-25(3)42-48)35(50)40-37-44(7)28-17-11-12-18-29(28)46(37)20-13-14-21-47-34-27(33-24-52-39(5,6)53-33)16-15-19-30(34)45(8)38(47)41-36(51)32-23-26(4)43-49(32)10-2/h11-19,22-23,33H,9-10,20-21,24H2,1-8H3/b14-13+,40-37+,41-38+. The lowest BCUT2D eigenvalue weighted by Gasteiger charge is -2.18.